The van der Waals surface area contributed by atoms with Crippen molar-refractivity contribution in [1.29, 1.82) is 5.26 Å². The number of halogens is 2. The van der Waals surface area contributed by atoms with E-state index in [-0.39, 0.29) is 22.7 Å². The predicted octanol–water partition coefficient (Wildman–Crippen LogP) is 7.35. The second-order valence-electron chi connectivity index (χ2n) is 9.70. The van der Waals surface area contributed by atoms with Gasteiger partial charge in [0.1, 0.15) is 17.4 Å². The monoisotopic (exact) mass is 512 g/mol. The molecule has 176 valence electrons. The fourth-order valence-electron chi connectivity index (χ4n) is 4.72. The SMILES string of the molecule is Cc1cc(C)c(C2C(C#N)=C(N)OC3=C2C(=O)CC(C)(C)C3)cc1CSc1cc(Cl)ccc1Cl. The Balaban J connectivity index is 1.78. The van der Waals surface area contributed by atoms with Crippen LogP contribution in [0.25, 0.3) is 0 Å². The lowest BCUT2D eigenvalue weighted by atomic mass is 9.69. The number of ether oxygens (including phenoxy) is 1. The van der Waals surface area contributed by atoms with Gasteiger partial charge in [-0.15, -0.1) is 11.8 Å². The van der Waals surface area contributed by atoms with Crippen LogP contribution in [0.2, 0.25) is 10.0 Å². The summed E-state index contributed by atoms with van der Waals surface area (Å²) in [5.74, 6) is 0.813. The number of nitrogens with zero attached hydrogens (tertiary/aromatic N) is 1. The van der Waals surface area contributed by atoms with Gasteiger partial charge < -0.3 is 10.5 Å². The fourth-order valence-corrected chi connectivity index (χ4v) is 6.28. The van der Waals surface area contributed by atoms with E-state index in [9.17, 15) is 10.1 Å². The summed E-state index contributed by atoms with van der Waals surface area (Å²) in [5, 5.41) is 11.2. The minimum atomic E-state index is -0.531. The molecule has 0 spiro atoms. The Bertz CT molecular complexity index is 1300. The lowest BCUT2D eigenvalue weighted by Gasteiger charge is -2.37. The Morgan fingerprint density at radius 1 is 1.18 bits per heavy atom. The van der Waals surface area contributed by atoms with Crippen LogP contribution >= 0.6 is 35.0 Å². The highest BCUT2D eigenvalue weighted by atomic mass is 35.5. The maximum absolute atomic E-state index is 13.3. The van der Waals surface area contributed by atoms with E-state index < -0.39 is 5.92 Å². The first-order chi connectivity index (χ1) is 16.0. The molecule has 1 unspecified atom stereocenters. The van der Waals surface area contributed by atoms with E-state index in [1.165, 1.54) is 0 Å². The van der Waals surface area contributed by atoms with Gasteiger partial charge in [0, 0.05) is 34.1 Å². The van der Waals surface area contributed by atoms with Gasteiger partial charge in [0.15, 0.2) is 5.78 Å². The van der Waals surface area contributed by atoms with Gasteiger partial charge in [-0.2, -0.15) is 5.26 Å². The second-order valence-corrected chi connectivity index (χ2v) is 11.6. The van der Waals surface area contributed by atoms with Crippen molar-refractivity contribution in [3.05, 3.63) is 85.4 Å². The molecule has 7 heteroatoms. The minimum absolute atomic E-state index is 0.0121. The number of benzene rings is 2. The number of nitriles is 1. The number of hydrogen-bond donors (Lipinski definition) is 1. The fraction of sp³-hybridized carbons (Fsp3) is 0.333. The molecule has 0 radical (unpaired) electrons. The number of thioether (sulfide) groups is 1. The Morgan fingerprint density at radius 3 is 2.62 bits per heavy atom. The normalized spacial score (nSPS) is 19.6. The van der Waals surface area contributed by atoms with Gasteiger partial charge in [-0.05, 0) is 59.7 Å². The van der Waals surface area contributed by atoms with Crippen LogP contribution in [0.3, 0.4) is 0 Å². The molecule has 0 fully saturated rings. The smallest absolute Gasteiger partial charge is 0.205 e. The summed E-state index contributed by atoms with van der Waals surface area (Å²) >= 11 is 14.1. The van der Waals surface area contributed by atoms with Crippen LogP contribution in [0.15, 0.2) is 58.0 Å². The van der Waals surface area contributed by atoms with Crippen LogP contribution in [0.5, 0.6) is 0 Å². The molecule has 34 heavy (non-hydrogen) atoms. The van der Waals surface area contributed by atoms with Crippen molar-refractivity contribution in [2.24, 2.45) is 11.1 Å². The number of Topliss-reactive ketones (excluding diaryl/α,β-unsaturated/α-hetero) is 1. The van der Waals surface area contributed by atoms with Crippen molar-refractivity contribution >= 4 is 40.7 Å². The zero-order valence-corrected chi connectivity index (χ0v) is 21.9. The Hall–Kier alpha value is -2.39. The van der Waals surface area contributed by atoms with Crippen LogP contribution in [0.1, 0.15) is 54.9 Å². The summed E-state index contributed by atoms with van der Waals surface area (Å²) in [7, 11) is 0. The summed E-state index contributed by atoms with van der Waals surface area (Å²) < 4.78 is 5.84. The lowest BCUT2D eigenvalue weighted by Crippen LogP contribution is -2.33. The summed E-state index contributed by atoms with van der Waals surface area (Å²) in [6.07, 6.45) is 1.01. The van der Waals surface area contributed by atoms with Gasteiger partial charge in [-0.1, -0.05) is 49.2 Å². The molecule has 0 saturated carbocycles. The van der Waals surface area contributed by atoms with Gasteiger partial charge in [0.05, 0.1) is 10.9 Å². The number of allylic oxidation sites excluding steroid dienone is 3. The van der Waals surface area contributed by atoms with Crippen molar-refractivity contribution < 1.29 is 9.53 Å². The van der Waals surface area contributed by atoms with Crippen molar-refractivity contribution in [2.75, 3.05) is 0 Å². The maximum atomic E-state index is 13.3. The largest absolute Gasteiger partial charge is 0.444 e. The molecule has 2 aromatic rings. The van der Waals surface area contributed by atoms with Gasteiger partial charge in [-0.3, -0.25) is 4.79 Å². The minimum Gasteiger partial charge on any atom is -0.444 e. The molecular weight excluding hydrogens is 487 g/mol. The number of ketones is 1. The first kappa shape index (κ1) is 24.7. The number of aryl methyl sites for hydroxylation is 2. The second kappa shape index (κ2) is 9.34. The molecule has 0 saturated heterocycles. The van der Waals surface area contributed by atoms with Crippen LogP contribution in [0, 0.1) is 30.6 Å². The summed E-state index contributed by atoms with van der Waals surface area (Å²) in [5.41, 5.74) is 11.0. The third kappa shape index (κ3) is 4.73. The van der Waals surface area contributed by atoms with E-state index in [1.54, 1.807) is 23.9 Å². The molecule has 2 aromatic carbocycles. The van der Waals surface area contributed by atoms with E-state index in [1.807, 2.05) is 26.8 Å². The summed E-state index contributed by atoms with van der Waals surface area (Å²) in [6.45, 7) is 8.15. The molecule has 0 aromatic heterocycles. The molecule has 2 aliphatic rings. The predicted molar refractivity (Wildman–Crippen MR) is 138 cm³/mol. The van der Waals surface area contributed by atoms with Crippen LogP contribution in [0.4, 0.5) is 0 Å². The maximum Gasteiger partial charge on any atom is 0.205 e. The van der Waals surface area contributed by atoms with Crippen LogP contribution < -0.4 is 5.73 Å². The number of hydrogen-bond acceptors (Lipinski definition) is 5. The first-order valence-electron chi connectivity index (χ1n) is 11.0. The van der Waals surface area contributed by atoms with Crippen molar-refractivity contribution in [1.82, 2.24) is 0 Å². The average Bonchev–Trinajstić information content (AvgIpc) is 2.73. The molecule has 1 atom stereocenters. The van der Waals surface area contributed by atoms with Gasteiger partial charge in [-0.25, -0.2) is 0 Å². The Kier molecular flexibility index (Phi) is 6.79. The first-order valence-corrected chi connectivity index (χ1v) is 12.8. The van der Waals surface area contributed by atoms with E-state index in [2.05, 4.69) is 25.1 Å². The highest BCUT2D eigenvalue weighted by molar-refractivity contribution is 7.98. The summed E-state index contributed by atoms with van der Waals surface area (Å²) in [4.78, 5) is 14.2. The quantitative estimate of drug-likeness (QED) is 0.433. The summed E-state index contributed by atoms with van der Waals surface area (Å²) in [6, 6.07) is 11.8. The Labute approximate surface area is 214 Å². The standard InChI is InChI=1S/C27H26Cl2N2O2S/c1-14-7-15(2)18(8-16(14)13-34-23-9-17(28)5-6-20(23)29)24-19(12-30)26(31)33-22-11-27(3,4)10-21(32)25(22)24/h5-9,24H,10-11,13,31H2,1-4H3. The van der Waals surface area contributed by atoms with E-state index in [4.69, 9.17) is 33.7 Å². The molecule has 0 bridgehead atoms. The molecule has 2 N–H and O–H groups in total. The molecule has 0 amide bonds. The zero-order valence-electron chi connectivity index (χ0n) is 19.6. The third-order valence-corrected chi connectivity index (χ3v) is 8.17. The lowest BCUT2D eigenvalue weighted by molar-refractivity contribution is -0.119. The highest BCUT2D eigenvalue weighted by Gasteiger charge is 2.43. The molecule has 4 nitrogen and oxygen atoms in total. The molecular formula is C27H26Cl2N2O2S. The molecule has 4 rings (SSSR count). The number of carbonyl (C=O) groups excluding carboxylic acids is 1. The number of rotatable bonds is 4. The van der Waals surface area contributed by atoms with Crippen molar-refractivity contribution in [2.45, 2.75) is 57.1 Å². The van der Waals surface area contributed by atoms with Gasteiger partial charge in [0.25, 0.3) is 0 Å². The van der Waals surface area contributed by atoms with Crippen molar-refractivity contribution in [3.63, 3.8) is 0 Å². The van der Waals surface area contributed by atoms with Crippen LogP contribution in [-0.2, 0) is 15.3 Å². The number of nitrogens with two attached hydrogens (primary N) is 1. The zero-order chi connectivity index (χ0) is 24.8. The van der Waals surface area contributed by atoms with E-state index in [0.717, 1.165) is 27.1 Å². The Morgan fingerprint density at radius 2 is 1.91 bits per heavy atom. The van der Waals surface area contributed by atoms with E-state index >= 15 is 0 Å². The topological polar surface area (TPSA) is 76.1 Å². The molecule has 1 heterocycles. The number of carbonyl (C=O) groups is 1. The molecule has 1 aliphatic heterocycles. The van der Waals surface area contributed by atoms with Crippen LogP contribution in [-0.4, -0.2) is 5.78 Å². The average molecular weight is 513 g/mol. The van der Waals surface area contributed by atoms with Crippen molar-refractivity contribution in [3.8, 4) is 6.07 Å². The van der Waals surface area contributed by atoms with E-state index in [0.29, 0.717) is 40.0 Å². The van der Waals surface area contributed by atoms with Gasteiger partial charge in [0.2, 0.25) is 5.88 Å². The third-order valence-electron chi connectivity index (χ3n) is 6.39. The van der Waals surface area contributed by atoms with Gasteiger partial charge >= 0.3 is 0 Å². The highest BCUT2D eigenvalue weighted by Crippen LogP contribution is 2.49. The molecule has 1 aliphatic carbocycles.